The number of nitrogens with one attached hydrogen (secondary N) is 1. The molecule has 0 saturated carbocycles. The average molecular weight is 338 g/mol. The molecule has 0 aliphatic carbocycles. The van der Waals surface area contributed by atoms with Crippen molar-refractivity contribution in [2.75, 3.05) is 18.1 Å². The lowest BCUT2D eigenvalue weighted by molar-refractivity contribution is -0.131. The van der Waals surface area contributed by atoms with Crippen LogP contribution in [0.5, 0.6) is 0 Å². The summed E-state index contributed by atoms with van der Waals surface area (Å²) < 4.78 is 23.1. The third-order valence-electron chi connectivity index (χ3n) is 3.97. The largest absolute Gasteiger partial charge is 0.352 e. The van der Waals surface area contributed by atoms with Crippen LogP contribution in [0.25, 0.3) is 0 Å². The lowest BCUT2D eigenvalue weighted by Crippen LogP contribution is -2.42. The minimum atomic E-state index is -3.05. The van der Waals surface area contributed by atoms with Crippen LogP contribution in [0, 0.1) is 0 Å². The fourth-order valence-electron chi connectivity index (χ4n) is 2.73. The highest BCUT2D eigenvalue weighted by molar-refractivity contribution is 7.91. The van der Waals surface area contributed by atoms with Gasteiger partial charge >= 0.3 is 0 Å². The number of hydrogen-bond acceptors (Lipinski definition) is 4. The second-order valence-electron chi connectivity index (χ2n) is 5.78. The van der Waals surface area contributed by atoms with Crippen LogP contribution >= 0.6 is 0 Å². The van der Waals surface area contributed by atoms with Crippen LogP contribution in [0.1, 0.15) is 25.3 Å². The lowest BCUT2D eigenvalue weighted by Gasteiger charge is -2.26. The Bertz CT molecular complexity index is 658. The van der Waals surface area contributed by atoms with Crippen molar-refractivity contribution in [3.8, 4) is 0 Å². The van der Waals surface area contributed by atoms with Gasteiger partial charge in [-0.3, -0.25) is 9.59 Å². The fraction of sp³-hybridized carbons (Fsp3) is 0.500. The molecule has 23 heavy (non-hydrogen) atoms. The Hall–Kier alpha value is -1.89. The number of carbonyl (C=O) groups excluding carboxylic acids is 2. The van der Waals surface area contributed by atoms with Gasteiger partial charge < -0.3 is 10.2 Å². The predicted octanol–water partition coefficient (Wildman–Crippen LogP) is 0.728. The van der Waals surface area contributed by atoms with Gasteiger partial charge in [0.2, 0.25) is 11.8 Å². The molecule has 1 saturated heterocycles. The van der Waals surface area contributed by atoms with E-state index < -0.39 is 9.84 Å². The highest BCUT2D eigenvalue weighted by Gasteiger charge is 2.33. The van der Waals surface area contributed by atoms with Gasteiger partial charge in [0.15, 0.2) is 9.84 Å². The molecule has 1 aromatic rings. The van der Waals surface area contributed by atoms with E-state index in [0.29, 0.717) is 13.0 Å². The molecule has 1 aliphatic rings. The van der Waals surface area contributed by atoms with Crippen molar-refractivity contribution in [3.05, 3.63) is 35.9 Å². The second-order valence-corrected chi connectivity index (χ2v) is 8.01. The van der Waals surface area contributed by atoms with Gasteiger partial charge in [-0.1, -0.05) is 30.3 Å². The number of sulfone groups is 1. The van der Waals surface area contributed by atoms with Crippen LogP contribution < -0.4 is 5.32 Å². The first-order valence-electron chi connectivity index (χ1n) is 7.65. The van der Waals surface area contributed by atoms with Gasteiger partial charge in [-0.2, -0.15) is 0 Å². The first-order valence-corrected chi connectivity index (χ1v) is 9.48. The van der Waals surface area contributed by atoms with Crippen molar-refractivity contribution in [2.45, 2.75) is 32.4 Å². The highest BCUT2D eigenvalue weighted by Crippen LogP contribution is 2.18. The normalized spacial score (nSPS) is 19.3. The van der Waals surface area contributed by atoms with Gasteiger partial charge in [0, 0.05) is 32.5 Å². The van der Waals surface area contributed by atoms with E-state index in [1.807, 2.05) is 30.3 Å². The molecule has 0 radical (unpaired) electrons. The molecule has 1 heterocycles. The summed E-state index contributed by atoms with van der Waals surface area (Å²) >= 11 is 0. The molecule has 0 bridgehead atoms. The van der Waals surface area contributed by atoms with Gasteiger partial charge in [-0.25, -0.2) is 8.42 Å². The number of hydrogen-bond donors (Lipinski definition) is 1. The molecule has 1 atom stereocenters. The second kappa shape index (κ2) is 7.59. The maximum Gasteiger partial charge on any atom is 0.222 e. The monoisotopic (exact) mass is 338 g/mol. The Kier molecular flexibility index (Phi) is 5.76. The topological polar surface area (TPSA) is 83.6 Å². The number of rotatable bonds is 6. The van der Waals surface area contributed by atoms with Gasteiger partial charge in [0.1, 0.15) is 0 Å². The van der Waals surface area contributed by atoms with Gasteiger partial charge in [-0.05, 0) is 12.0 Å². The molecule has 0 aromatic heterocycles. The molecular weight excluding hydrogens is 316 g/mol. The zero-order valence-electron chi connectivity index (χ0n) is 13.2. The predicted molar refractivity (Wildman–Crippen MR) is 87.4 cm³/mol. The number of nitrogens with zero attached hydrogens (tertiary/aromatic N) is 1. The van der Waals surface area contributed by atoms with Crippen molar-refractivity contribution < 1.29 is 18.0 Å². The van der Waals surface area contributed by atoms with Crippen molar-refractivity contribution in [1.82, 2.24) is 10.2 Å². The Labute approximate surface area is 136 Å². The molecule has 0 spiro atoms. The van der Waals surface area contributed by atoms with E-state index in [9.17, 15) is 18.0 Å². The molecule has 1 N–H and O–H groups in total. The number of benzene rings is 1. The van der Waals surface area contributed by atoms with E-state index in [1.165, 1.54) is 11.8 Å². The number of amides is 2. The quantitative estimate of drug-likeness (QED) is 0.829. The molecular formula is C16H22N2O4S. The fourth-order valence-corrected chi connectivity index (χ4v) is 4.46. The molecule has 1 aliphatic heterocycles. The lowest BCUT2D eigenvalue weighted by atomic mass is 10.2. The average Bonchev–Trinajstić information content (AvgIpc) is 2.86. The van der Waals surface area contributed by atoms with Crippen LogP contribution in [0.2, 0.25) is 0 Å². The maximum atomic E-state index is 11.9. The maximum absolute atomic E-state index is 11.9. The molecule has 1 fully saturated rings. The summed E-state index contributed by atoms with van der Waals surface area (Å²) in [7, 11) is -3.05. The summed E-state index contributed by atoms with van der Waals surface area (Å²) in [4.78, 5) is 25.2. The van der Waals surface area contributed by atoms with Crippen LogP contribution in [0.3, 0.4) is 0 Å². The van der Waals surface area contributed by atoms with E-state index in [2.05, 4.69) is 5.32 Å². The van der Waals surface area contributed by atoms with Gasteiger partial charge in [0.05, 0.1) is 11.5 Å². The smallest absolute Gasteiger partial charge is 0.222 e. The summed E-state index contributed by atoms with van der Waals surface area (Å²) in [5.41, 5.74) is 1.01. The zero-order chi connectivity index (χ0) is 16.9. The summed E-state index contributed by atoms with van der Waals surface area (Å²) in [6.45, 7) is 2.10. The van der Waals surface area contributed by atoms with Crippen molar-refractivity contribution >= 4 is 21.7 Å². The molecule has 2 amide bonds. The highest BCUT2D eigenvalue weighted by atomic mass is 32.2. The standard InChI is InChI=1S/C16H22N2O4S/c1-13(19)18(15-8-10-23(21,22)12-15)9-7-16(20)17-11-14-5-3-2-4-6-14/h2-6,15H,7-12H2,1H3,(H,17,20). The van der Waals surface area contributed by atoms with Crippen LogP contribution in [-0.4, -0.2) is 49.2 Å². The summed E-state index contributed by atoms with van der Waals surface area (Å²) in [5, 5.41) is 2.80. The molecule has 6 nitrogen and oxygen atoms in total. The molecule has 1 unspecified atom stereocenters. The Balaban J connectivity index is 1.82. The van der Waals surface area contributed by atoms with Crippen molar-refractivity contribution in [2.24, 2.45) is 0 Å². The van der Waals surface area contributed by atoms with Crippen LogP contribution in [-0.2, 0) is 26.0 Å². The van der Waals surface area contributed by atoms with Gasteiger partial charge in [-0.15, -0.1) is 0 Å². The minimum Gasteiger partial charge on any atom is -0.352 e. The first-order chi connectivity index (χ1) is 10.9. The summed E-state index contributed by atoms with van der Waals surface area (Å²) in [5.74, 6) is -0.233. The molecule has 2 rings (SSSR count). The van der Waals surface area contributed by atoms with Crippen molar-refractivity contribution in [1.29, 1.82) is 0 Å². The van der Waals surface area contributed by atoms with Crippen LogP contribution in [0.4, 0.5) is 0 Å². The number of carbonyl (C=O) groups is 2. The third kappa shape index (κ3) is 5.35. The van der Waals surface area contributed by atoms with Crippen LogP contribution in [0.15, 0.2) is 30.3 Å². The molecule has 126 valence electrons. The first kappa shape index (κ1) is 17.5. The molecule has 7 heteroatoms. The Morgan fingerprint density at radius 3 is 2.52 bits per heavy atom. The minimum absolute atomic E-state index is 0.00177. The SMILES string of the molecule is CC(=O)N(CCC(=O)NCc1ccccc1)C1CCS(=O)(=O)C1. The van der Waals surface area contributed by atoms with Gasteiger partial charge in [0.25, 0.3) is 0 Å². The van der Waals surface area contributed by atoms with E-state index >= 15 is 0 Å². The van der Waals surface area contributed by atoms with E-state index in [1.54, 1.807) is 0 Å². The third-order valence-corrected chi connectivity index (χ3v) is 5.72. The zero-order valence-corrected chi connectivity index (χ0v) is 14.0. The van der Waals surface area contributed by atoms with E-state index in [4.69, 9.17) is 0 Å². The Morgan fingerprint density at radius 2 is 1.96 bits per heavy atom. The summed E-state index contributed by atoms with van der Waals surface area (Å²) in [6.07, 6.45) is 0.622. The molecule has 1 aromatic carbocycles. The summed E-state index contributed by atoms with van der Waals surface area (Å²) in [6, 6.07) is 9.25. The van der Waals surface area contributed by atoms with E-state index in [-0.39, 0.29) is 42.3 Å². The Morgan fingerprint density at radius 1 is 1.26 bits per heavy atom. The van der Waals surface area contributed by atoms with E-state index in [0.717, 1.165) is 5.56 Å². The van der Waals surface area contributed by atoms with Crippen molar-refractivity contribution in [3.63, 3.8) is 0 Å².